The molecular weight excluding hydrogens is 294 g/mol. The predicted octanol–water partition coefficient (Wildman–Crippen LogP) is 3.93. The van der Waals surface area contributed by atoms with Crippen molar-refractivity contribution in [3.05, 3.63) is 39.3 Å². The highest BCUT2D eigenvalue weighted by atomic mass is 79.9. The van der Waals surface area contributed by atoms with E-state index in [9.17, 15) is 0 Å². The van der Waals surface area contributed by atoms with Crippen LogP contribution in [-0.2, 0) is 0 Å². The van der Waals surface area contributed by atoms with Crippen molar-refractivity contribution in [3.8, 4) is 0 Å². The van der Waals surface area contributed by atoms with Crippen LogP contribution in [0.2, 0.25) is 0 Å². The highest BCUT2D eigenvalue weighted by Gasteiger charge is 2.17. The molecule has 0 spiro atoms. The molecule has 5 heteroatoms. The molecule has 18 heavy (non-hydrogen) atoms. The maximum Gasteiger partial charge on any atom is 0.139 e. The van der Waals surface area contributed by atoms with Crippen LogP contribution in [0.25, 0.3) is 0 Å². The molecule has 1 unspecified atom stereocenters. The van der Waals surface area contributed by atoms with E-state index >= 15 is 0 Å². The van der Waals surface area contributed by atoms with Gasteiger partial charge in [-0.3, -0.25) is 0 Å². The Kier molecular flexibility index (Phi) is 3.71. The van der Waals surface area contributed by atoms with E-state index in [2.05, 4.69) is 38.3 Å². The van der Waals surface area contributed by atoms with Crippen molar-refractivity contribution in [2.45, 2.75) is 33.7 Å². The van der Waals surface area contributed by atoms with Crippen molar-refractivity contribution in [3.63, 3.8) is 0 Å². The molecule has 1 atom stereocenters. The van der Waals surface area contributed by atoms with Crippen LogP contribution in [0, 0.1) is 20.8 Å². The molecule has 4 nitrogen and oxygen atoms in total. The number of nitrogens with zero attached hydrogens (tertiary/aromatic N) is 2. The molecule has 0 amide bonds. The zero-order chi connectivity index (χ0) is 13.3. The Morgan fingerprint density at radius 2 is 2.06 bits per heavy atom. The molecular formula is C13H16BrN3O. The highest BCUT2D eigenvalue weighted by Crippen LogP contribution is 2.26. The summed E-state index contributed by atoms with van der Waals surface area (Å²) in [6, 6.07) is 2.15. The third-order valence-electron chi connectivity index (χ3n) is 2.92. The minimum absolute atomic E-state index is 0.114. The lowest BCUT2D eigenvalue weighted by atomic mass is 10.1. The monoisotopic (exact) mass is 309 g/mol. The summed E-state index contributed by atoms with van der Waals surface area (Å²) in [5.74, 6) is 1.73. The summed E-state index contributed by atoms with van der Waals surface area (Å²) in [6.07, 6.45) is 1.79. The third-order valence-corrected chi connectivity index (χ3v) is 3.35. The van der Waals surface area contributed by atoms with E-state index in [1.807, 2.05) is 26.8 Å². The molecule has 0 fully saturated rings. The standard InChI is InChI=1S/C13H16BrN3O/c1-7-5-11(14)6-15-13(7)16-8(2)12-9(3)17-18-10(12)4/h5-6,8H,1-4H3,(H,15,16). The van der Waals surface area contributed by atoms with Gasteiger partial charge in [0.05, 0.1) is 11.7 Å². The number of aromatic nitrogens is 2. The Morgan fingerprint density at radius 1 is 1.33 bits per heavy atom. The number of rotatable bonds is 3. The van der Waals surface area contributed by atoms with Crippen molar-refractivity contribution in [2.24, 2.45) is 0 Å². The highest BCUT2D eigenvalue weighted by molar-refractivity contribution is 9.10. The number of anilines is 1. The second-order valence-electron chi connectivity index (χ2n) is 4.42. The molecule has 0 aromatic carbocycles. The molecule has 0 radical (unpaired) electrons. The Morgan fingerprint density at radius 3 is 2.61 bits per heavy atom. The second kappa shape index (κ2) is 5.10. The summed E-state index contributed by atoms with van der Waals surface area (Å²) in [5.41, 5.74) is 3.12. The molecule has 2 aromatic heterocycles. The molecule has 0 saturated heterocycles. The lowest BCUT2D eigenvalue weighted by molar-refractivity contribution is 0.392. The van der Waals surface area contributed by atoms with Gasteiger partial charge in [-0.25, -0.2) is 4.98 Å². The average molecular weight is 310 g/mol. The van der Waals surface area contributed by atoms with Gasteiger partial charge in [0.15, 0.2) is 0 Å². The van der Waals surface area contributed by atoms with Crippen LogP contribution in [0.3, 0.4) is 0 Å². The lowest BCUT2D eigenvalue weighted by Gasteiger charge is -2.16. The van der Waals surface area contributed by atoms with Gasteiger partial charge in [-0.05, 0) is 55.3 Å². The van der Waals surface area contributed by atoms with E-state index in [0.717, 1.165) is 32.9 Å². The minimum atomic E-state index is 0.114. The maximum atomic E-state index is 5.19. The molecule has 2 aromatic rings. The van der Waals surface area contributed by atoms with E-state index in [1.54, 1.807) is 6.20 Å². The van der Waals surface area contributed by atoms with Crippen LogP contribution in [0.4, 0.5) is 5.82 Å². The van der Waals surface area contributed by atoms with Gasteiger partial charge in [0.25, 0.3) is 0 Å². The van der Waals surface area contributed by atoms with Gasteiger partial charge in [-0.2, -0.15) is 0 Å². The second-order valence-corrected chi connectivity index (χ2v) is 5.34. The molecule has 1 N–H and O–H groups in total. The average Bonchev–Trinajstić information content (AvgIpc) is 2.62. The van der Waals surface area contributed by atoms with E-state index in [0.29, 0.717) is 0 Å². The van der Waals surface area contributed by atoms with Crippen LogP contribution in [-0.4, -0.2) is 10.1 Å². The van der Waals surface area contributed by atoms with Gasteiger partial charge in [-0.15, -0.1) is 0 Å². The molecule has 2 rings (SSSR count). The van der Waals surface area contributed by atoms with Gasteiger partial charge in [0.2, 0.25) is 0 Å². The fourth-order valence-corrected chi connectivity index (χ4v) is 2.52. The van der Waals surface area contributed by atoms with Crippen molar-refractivity contribution in [1.29, 1.82) is 0 Å². The summed E-state index contributed by atoms with van der Waals surface area (Å²) in [4.78, 5) is 4.38. The number of hydrogen-bond donors (Lipinski definition) is 1. The fourth-order valence-electron chi connectivity index (χ4n) is 2.08. The normalized spacial score (nSPS) is 12.5. The van der Waals surface area contributed by atoms with Crippen LogP contribution in [0.5, 0.6) is 0 Å². The van der Waals surface area contributed by atoms with Crippen molar-refractivity contribution in [2.75, 3.05) is 5.32 Å². The van der Waals surface area contributed by atoms with Crippen LogP contribution >= 0.6 is 15.9 Å². The van der Waals surface area contributed by atoms with Gasteiger partial charge < -0.3 is 9.84 Å². The zero-order valence-electron chi connectivity index (χ0n) is 10.9. The molecule has 0 bridgehead atoms. The zero-order valence-corrected chi connectivity index (χ0v) is 12.5. The molecule has 0 aliphatic heterocycles. The summed E-state index contributed by atoms with van der Waals surface area (Å²) >= 11 is 3.41. The first-order chi connectivity index (χ1) is 8.49. The van der Waals surface area contributed by atoms with E-state index in [1.165, 1.54) is 0 Å². The van der Waals surface area contributed by atoms with Gasteiger partial charge >= 0.3 is 0 Å². The Hall–Kier alpha value is -1.36. The molecule has 0 aliphatic rings. The van der Waals surface area contributed by atoms with Gasteiger partial charge in [-0.1, -0.05) is 5.16 Å². The lowest BCUT2D eigenvalue weighted by Crippen LogP contribution is -2.10. The smallest absolute Gasteiger partial charge is 0.139 e. The van der Waals surface area contributed by atoms with E-state index < -0.39 is 0 Å². The fraction of sp³-hybridized carbons (Fsp3) is 0.385. The van der Waals surface area contributed by atoms with Crippen molar-refractivity contribution >= 4 is 21.7 Å². The SMILES string of the molecule is Cc1cc(Br)cnc1NC(C)c1c(C)noc1C. The summed E-state index contributed by atoms with van der Waals surface area (Å²) in [7, 11) is 0. The maximum absolute atomic E-state index is 5.19. The largest absolute Gasteiger partial charge is 0.363 e. The summed E-state index contributed by atoms with van der Waals surface area (Å²) in [5, 5.41) is 7.36. The number of nitrogens with one attached hydrogen (secondary N) is 1. The van der Waals surface area contributed by atoms with Crippen LogP contribution in [0.15, 0.2) is 21.3 Å². The topological polar surface area (TPSA) is 51.0 Å². The number of hydrogen-bond acceptors (Lipinski definition) is 4. The first kappa shape index (κ1) is 13.1. The Balaban J connectivity index is 2.24. The van der Waals surface area contributed by atoms with Crippen LogP contribution < -0.4 is 5.32 Å². The minimum Gasteiger partial charge on any atom is -0.363 e. The van der Waals surface area contributed by atoms with Crippen LogP contribution in [0.1, 0.15) is 35.5 Å². The molecule has 2 heterocycles. The predicted molar refractivity (Wildman–Crippen MR) is 74.7 cm³/mol. The van der Waals surface area contributed by atoms with E-state index in [-0.39, 0.29) is 6.04 Å². The number of pyridine rings is 1. The van der Waals surface area contributed by atoms with E-state index in [4.69, 9.17) is 4.52 Å². The van der Waals surface area contributed by atoms with Crippen molar-refractivity contribution in [1.82, 2.24) is 10.1 Å². The summed E-state index contributed by atoms with van der Waals surface area (Å²) in [6.45, 7) is 7.98. The molecule has 0 aliphatic carbocycles. The van der Waals surface area contributed by atoms with Crippen molar-refractivity contribution < 1.29 is 4.52 Å². The number of halogens is 1. The third kappa shape index (κ3) is 2.56. The Labute approximate surface area is 115 Å². The number of aryl methyl sites for hydroxylation is 3. The van der Waals surface area contributed by atoms with Gasteiger partial charge in [0.1, 0.15) is 11.6 Å². The Bertz CT molecular complexity index is 546. The first-order valence-electron chi connectivity index (χ1n) is 5.80. The summed E-state index contributed by atoms with van der Waals surface area (Å²) < 4.78 is 6.17. The molecule has 96 valence electrons. The molecule has 0 saturated carbocycles. The first-order valence-corrected chi connectivity index (χ1v) is 6.59. The quantitative estimate of drug-likeness (QED) is 0.933. The van der Waals surface area contributed by atoms with Gasteiger partial charge in [0, 0.05) is 16.2 Å².